The Balaban J connectivity index is 2.11. The van der Waals surface area contributed by atoms with E-state index in [0.717, 1.165) is 12.1 Å². The number of carbonyl (C=O) groups excluding carboxylic acids is 2. The molecule has 0 radical (unpaired) electrons. The Morgan fingerprint density at radius 3 is 2.42 bits per heavy atom. The van der Waals surface area contributed by atoms with E-state index in [2.05, 4.69) is 10.4 Å². The van der Waals surface area contributed by atoms with Crippen LogP contribution in [0, 0.1) is 6.92 Å². The van der Waals surface area contributed by atoms with Crippen molar-refractivity contribution in [3.05, 3.63) is 22.5 Å². The zero-order chi connectivity index (χ0) is 18.1. The SMILES string of the molecule is Cc1nn(C)c(Cl)c1C=CC(=O)N1CCCN1C(=O)NC(C)(C)C. The minimum absolute atomic E-state index is 0.254. The number of nitrogens with zero attached hydrogens (tertiary/aromatic N) is 4. The Hall–Kier alpha value is -2.02. The third kappa shape index (κ3) is 4.08. The Morgan fingerprint density at radius 2 is 1.88 bits per heavy atom. The van der Waals surface area contributed by atoms with Crippen LogP contribution in [0.1, 0.15) is 38.4 Å². The first kappa shape index (κ1) is 18.3. The summed E-state index contributed by atoms with van der Waals surface area (Å²) in [6.07, 6.45) is 3.83. The van der Waals surface area contributed by atoms with Gasteiger partial charge in [0.1, 0.15) is 5.15 Å². The van der Waals surface area contributed by atoms with E-state index in [1.165, 1.54) is 16.1 Å². The number of carbonyl (C=O) groups is 2. The fraction of sp³-hybridized carbons (Fsp3) is 0.562. The minimum Gasteiger partial charge on any atom is -0.332 e. The molecule has 2 heterocycles. The van der Waals surface area contributed by atoms with Crippen molar-refractivity contribution in [3.8, 4) is 0 Å². The number of amides is 3. The molecule has 1 aromatic heterocycles. The van der Waals surface area contributed by atoms with Gasteiger partial charge in [0.2, 0.25) is 0 Å². The van der Waals surface area contributed by atoms with E-state index in [9.17, 15) is 9.59 Å². The highest BCUT2D eigenvalue weighted by Crippen LogP contribution is 2.20. The number of halogens is 1. The zero-order valence-electron chi connectivity index (χ0n) is 14.8. The average molecular weight is 354 g/mol. The Kier molecular flexibility index (Phi) is 5.22. The van der Waals surface area contributed by atoms with Gasteiger partial charge in [0.15, 0.2) is 0 Å². The summed E-state index contributed by atoms with van der Waals surface area (Å²) in [5.74, 6) is -0.254. The van der Waals surface area contributed by atoms with Crippen molar-refractivity contribution >= 4 is 29.6 Å². The summed E-state index contributed by atoms with van der Waals surface area (Å²) in [6.45, 7) is 8.57. The summed E-state index contributed by atoms with van der Waals surface area (Å²) in [6, 6.07) is -0.266. The highest BCUT2D eigenvalue weighted by Gasteiger charge is 2.31. The fourth-order valence-electron chi connectivity index (χ4n) is 2.51. The summed E-state index contributed by atoms with van der Waals surface area (Å²) in [4.78, 5) is 24.8. The Labute approximate surface area is 147 Å². The molecule has 0 bridgehead atoms. The van der Waals surface area contributed by atoms with Gasteiger partial charge >= 0.3 is 6.03 Å². The molecule has 132 valence electrons. The number of hydrogen-bond acceptors (Lipinski definition) is 3. The summed E-state index contributed by atoms with van der Waals surface area (Å²) in [7, 11) is 1.74. The normalized spacial score (nSPS) is 15.4. The van der Waals surface area contributed by atoms with Crippen molar-refractivity contribution in [3.63, 3.8) is 0 Å². The third-order valence-electron chi connectivity index (χ3n) is 3.59. The monoisotopic (exact) mass is 353 g/mol. The molecular weight excluding hydrogens is 330 g/mol. The first-order valence-corrected chi connectivity index (χ1v) is 8.26. The predicted octanol–water partition coefficient (Wildman–Crippen LogP) is 2.35. The molecule has 1 fully saturated rings. The number of aromatic nitrogens is 2. The molecule has 1 aromatic rings. The number of urea groups is 1. The standard InChI is InChI=1S/C16H24ClN5O2/c1-11-12(14(17)20(5)19-11)7-8-13(23)21-9-6-10-22(21)15(24)18-16(2,3)4/h7-8H,6,9-10H2,1-5H3,(H,18,24). The van der Waals surface area contributed by atoms with Crippen LogP contribution < -0.4 is 5.32 Å². The second-order valence-corrected chi connectivity index (χ2v) is 7.22. The molecule has 0 spiro atoms. The van der Waals surface area contributed by atoms with E-state index in [1.54, 1.807) is 17.8 Å². The van der Waals surface area contributed by atoms with Crippen molar-refractivity contribution in [2.75, 3.05) is 13.1 Å². The van der Waals surface area contributed by atoms with E-state index in [0.29, 0.717) is 23.8 Å². The lowest BCUT2D eigenvalue weighted by Gasteiger charge is -2.30. The predicted molar refractivity (Wildman–Crippen MR) is 93.3 cm³/mol. The van der Waals surface area contributed by atoms with Crippen LogP contribution >= 0.6 is 11.6 Å². The summed E-state index contributed by atoms with van der Waals surface area (Å²) >= 11 is 6.16. The van der Waals surface area contributed by atoms with Crippen LogP contribution in [0.15, 0.2) is 6.08 Å². The second kappa shape index (κ2) is 6.84. The maximum absolute atomic E-state index is 12.5. The van der Waals surface area contributed by atoms with Crippen LogP contribution in [0.4, 0.5) is 4.79 Å². The number of hydrogen-bond donors (Lipinski definition) is 1. The highest BCUT2D eigenvalue weighted by molar-refractivity contribution is 6.31. The molecule has 1 aliphatic heterocycles. The van der Waals surface area contributed by atoms with E-state index in [-0.39, 0.29) is 17.5 Å². The largest absolute Gasteiger partial charge is 0.336 e. The molecule has 0 saturated carbocycles. The third-order valence-corrected chi connectivity index (χ3v) is 4.04. The maximum Gasteiger partial charge on any atom is 0.336 e. The summed E-state index contributed by atoms with van der Waals surface area (Å²) in [5, 5.41) is 10.5. The molecule has 1 saturated heterocycles. The second-order valence-electron chi connectivity index (χ2n) is 6.87. The fourth-order valence-corrected chi connectivity index (χ4v) is 2.75. The van der Waals surface area contributed by atoms with Crippen LogP contribution in [0.2, 0.25) is 5.15 Å². The van der Waals surface area contributed by atoms with E-state index in [4.69, 9.17) is 11.6 Å². The number of nitrogens with one attached hydrogen (secondary N) is 1. The van der Waals surface area contributed by atoms with Crippen LogP contribution in [0.3, 0.4) is 0 Å². The van der Waals surface area contributed by atoms with Crippen molar-refractivity contribution < 1.29 is 9.59 Å². The molecule has 0 unspecified atom stereocenters. The molecule has 0 atom stereocenters. The van der Waals surface area contributed by atoms with Gasteiger partial charge in [-0.05, 0) is 40.2 Å². The molecule has 1 N–H and O–H groups in total. The van der Waals surface area contributed by atoms with Crippen molar-refractivity contribution in [2.45, 2.75) is 39.7 Å². The van der Waals surface area contributed by atoms with Gasteiger partial charge in [-0.15, -0.1) is 0 Å². The van der Waals surface area contributed by atoms with E-state index in [1.807, 2.05) is 27.7 Å². The van der Waals surface area contributed by atoms with Crippen LogP contribution in [-0.2, 0) is 11.8 Å². The lowest BCUT2D eigenvalue weighted by molar-refractivity contribution is -0.134. The number of aryl methyl sites for hydroxylation is 2. The van der Waals surface area contributed by atoms with E-state index < -0.39 is 0 Å². The van der Waals surface area contributed by atoms with Gasteiger partial charge in [0.05, 0.1) is 5.69 Å². The highest BCUT2D eigenvalue weighted by atomic mass is 35.5. The molecule has 7 nitrogen and oxygen atoms in total. The Bertz CT molecular complexity index is 675. The van der Waals surface area contributed by atoms with Crippen molar-refractivity contribution in [2.24, 2.45) is 7.05 Å². The maximum atomic E-state index is 12.5. The molecule has 0 aromatic carbocycles. The molecule has 2 rings (SSSR count). The molecule has 8 heteroatoms. The van der Waals surface area contributed by atoms with Gasteiger partial charge in [-0.1, -0.05) is 11.6 Å². The van der Waals surface area contributed by atoms with Gasteiger partial charge < -0.3 is 5.32 Å². The lowest BCUT2D eigenvalue weighted by Crippen LogP contribution is -2.53. The lowest BCUT2D eigenvalue weighted by atomic mass is 10.1. The first-order valence-electron chi connectivity index (χ1n) is 7.88. The molecule has 3 amide bonds. The van der Waals surface area contributed by atoms with Gasteiger partial charge in [-0.25, -0.2) is 14.8 Å². The molecule has 0 aliphatic carbocycles. The first-order chi connectivity index (χ1) is 11.1. The van der Waals surface area contributed by atoms with Gasteiger partial charge in [-0.2, -0.15) is 5.10 Å². The smallest absolute Gasteiger partial charge is 0.332 e. The van der Waals surface area contributed by atoms with Gasteiger partial charge in [-0.3, -0.25) is 9.48 Å². The molecule has 1 aliphatic rings. The van der Waals surface area contributed by atoms with Crippen LogP contribution in [0.5, 0.6) is 0 Å². The van der Waals surface area contributed by atoms with Gasteiger partial charge in [0.25, 0.3) is 5.91 Å². The molecule has 24 heavy (non-hydrogen) atoms. The average Bonchev–Trinajstić information content (AvgIpc) is 3.02. The Morgan fingerprint density at radius 1 is 1.25 bits per heavy atom. The van der Waals surface area contributed by atoms with Crippen molar-refractivity contribution in [1.82, 2.24) is 25.1 Å². The summed E-state index contributed by atoms with van der Waals surface area (Å²) in [5.41, 5.74) is 1.10. The van der Waals surface area contributed by atoms with Gasteiger partial charge in [0, 0.05) is 37.3 Å². The minimum atomic E-state index is -0.357. The van der Waals surface area contributed by atoms with E-state index >= 15 is 0 Å². The quantitative estimate of drug-likeness (QED) is 0.830. The topological polar surface area (TPSA) is 70.5 Å². The number of rotatable bonds is 2. The van der Waals surface area contributed by atoms with Crippen LogP contribution in [-0.4, -0.2) is 50.4 Å². The van der Waals surface area contributed by atoms with Crippen LogP contribution in [0.25, 0.3) is 6.08 Å². The summed E-state index contributed by atoms with van der Waals surface area (Å²) < 4.78 is 1.56. The molecular formula is C16H24ClN5O2. The van der Waals surface area contributed by atoms with Crippen molar-refractivity contribution in [1.29, 1.82) is 0 Å². The zero-order valence-corrected chi connectivity index (χ0v) is 15.5. The number of hydrazine groups is 1.